The third-order valence-electron chi connectivity index (χ3n) is 4.23. The average molecular weight is 381 g/mol. The van der Waals surface area contributed by atoms with Gasteiger partial charge in [-0.1, -0.05) is 43.7 Å². The second-order valence-corrected chi connectivity index (χ2v) is 6.16. The first-order valence-corrected chi connectivity index (χ1v) is 8.85. The zero-order chi connectivity index (χ0) is 20.1. The summed E-state index contributed by atoms with van der Waals surface area (Å²) in [5, 5.41) is 13.1. The fourth-order valence-corrected chi connectivity index (χ4v) is 2.87. The van der Waals surface area contributed by atoms with Crippen LogP contribution in [-0.4, -0.2) is 21.5 Å². The zero-order valence-corrected chi connectivity index (χ0v) is 15.2. The highest BCUT2D eigenvalue weighted by Gasteiger charge is 2.19. The van der Waals surface area contributed by atoms with Crippen molar-refractivity contribution in [2.24, 2.45) is 0 Å². The first-order valence-electron chi connectivity index (χ1n) is 8.85. The molecule has 28 heavy (non-hydrogen) atoms. The number of aromatic nitrogens is 2. The van der Waals surface area contributed by atoms with Gasteiger partial charge in [-0.15, -0.1) is 0 Å². The number of rotatable bonds is 7. The number of ether oxygens (including phenoxy) is 1. The monoisotopic (exact) mass is 381 g/mol. The summed E-state index contributed by atoms with van der Waals surface area (Å²) in [5.41, 5.74) is -2.04. The van der Waals surface area contributed by atoms with Gasteiger partial charge >= 0.3 is 16.9 Å². The molecule has 1 heterocycles. The van der Waals surface area contributed by atoms with E-state index >= 15 is 0 Å². The van der Waals surface area contributed by atoms with Crippen molar-refractivity contribution in [2.75, 3.05) is 6.61 Å². The van der Waals surface area contributed by atoms with Gasteiger partial charge in [0.25, 0.3) is 0 Å². The van der Waals surface area contributed by atoms with E-state index in [1.54, 1.807) is 6.08 Å². The molecule has 0 unspecified atom stereocenters. The average Bonchev–Trinajstić information content (AvgIpc) is 2.66. The molecule has 0 amide bonds. The molecule has 0 saturated heterocycles. The van der Waals surface area contributed by atoms with Crippen molar-refractivity contribution in [2.45, 2.75) is 19.8 Å². The van der Waals surface area contributed by atoms with Crippen LogP contribution in [0.4, 0.5) is 5.69 Å². The summed E-state index contributed by atoms with van der Waals surface area (Å²) in [6.45, 7) is 2.60. The van der Waals surface area contributed by atoms with Gasteiger partial charge in [-0.3, -0.25) is 19.9 Å². The molecule has 0 spiro atoms. The Morgan fingerprint density at radius 3 is 2.64 bits per heavy atom. The molecule has 2 aromatic carbocycles. The van der Waals surface area contributed by atoms with Gasteiger partial charge in [-0.2, -0.15) is 0 Å². The molecule has 0 fully saturated rings. The molecule has 0 radical (unpaired) electrons. The van der Waals surface area contributed by atoms with Crippen molar-refractivity contribution in [3.63, 3.8) is 0 Å². The Morgan fingerprint density at radius 1 is 1.11 bits per heavy atom. The lowest BCUT2D eigenvalue weighted by Crippen LogP contribution is -2.25. The van der Waals surface area contributed by atoms with E-state index in [2.05, 4.69) is 11.9 Å². The van der Waals surface area contributed by atoms with Crippen molar-refractivity contribution < 1.29 is 9.66 Å². The standard InChI is InChI=1S/C20H19N3O5/c1-2-3-12-28-17-11-8-13-6-4-5-7-14(13)15(17)9-10-16-18(23(26)27)19(24)22-20(25)21-16/h4-11H,2-3,12H2,1H3,(H2,21,22,24,25). The molecule has 1 aromatic heterocycles. The first kappa shape index (κ1) is 19.1. The van der Waals surface area contributed by atoms with Gasteiger partial charge in [-0.25, -0.2) is 4.79 Å². The molecule has 0 aliphatic carbocycles. The van der Waals surface area contributed by atoms with Crippen LogP contribution >= 0.6 is 0 Å². The smallest absolute Gasteiger partial charge is 0.357 e. The van der Waals surface area contributed by atoms with Crippen molar-refractivity contribution in [3.8, 4) is 5.75 Å². The highest BCUT2D eigenvalue weighted by Crippen LogP contribution is 2.30. The van der Waals surface area contributed by atoms with Crippen LogP contribution < -0.4 is 16.0 Å². The van der Waals surface area contributed by atoms with Crippen LogP contribution in [-0.2, 0) is 0 Å². The van der Waals surface area contributed by atoms with Gasteiger partial charge in [0, 0.05) is 5.56 Å². The maximum absolute atomic E-state index is 11.8. The number of H-pyrrole nitrogens is 2. The fourth-order valence-electron chi connectivity index (χ4n) is 2.87. The minimum Gasteiger partial charge on any atom is -0.493 e. The minimum absolute atomic E-state index is 0.175. The van der Waals surface area contributed by atoms with Crippen molar-refractivity contribution in [3.05, 3.63) is 78.6 Å². The topological polar surface area (TPSA) is 118 Å². The first-order chi connectivity index (χ1) is 13.5. The molecule has 2 N–H and O–H groups in total. The largest absolute Gasteiger partial charge is 0.493 e. The molecule has 144 valence electrons. The zero-order valence-electron chi connectivity index (χ0n) is 15.2. The number of nitrogens with zero attached hydrogens (tertiary/aromatic N) is 1. The third kappa shape index (κ3) is 4.01. The summed E-state index contributed by atoms with van der Waals surface area (Å²) in [4.78, 5) is 37.9. The Balaban J connectivity index is 2.13. The molecule has 3 rings (SSSR count). The van der Waals surface area contributed by atoms with Crippen LogP contribution in [0.15, 0.2) is 46.0 Å². The quantitative estimate of drug-likeness (QED) is 0.369. The number of hydrogen-bond donors (Lipinski definition) is 2. The molecule has 3 aromatic rings. The summed E-state index contributed by atoms with van der Waals surface area (Å²) in [5.74, 6) is 0.623. The number of nitrogens with one attached hydrogen (secondary N) is 2. The van der Waals surface area contributed by atoms with E-state index < -0.39 is 21.9 Å². The van der Waals surface area contributed by atoms with Gasteiger partial charge in [0.2, 0.25) is 0 Å². The fraction of sp³-hybridized carbons (Fsp3) is 0.200. The van der Waals surface area contributed by atoms with Gasteiger partial charge < -0.3 is 9.72 Å². The number of unbranched alkanes of at least 4 members (excludes halogenated alkanes) is 1. The Kier molecular flexibility index (Phi) is 5.69. The van der Waals surface area contributed by atoms with Gasteiger partial charge in [0.05, 0.1) is 11.5 Å². The second-order valence-electron chi connectivity index (χ2n) is 6.16. The number of nitro groups is 1. The molecule has 0 atom stereocenters. The lowest BCUT2D eigenvalue weighted by atomic mass is 10.0. The lowest BCUT2D eigenvalue weighted by molar-refractivity contribution is -0.386. The Bertz CT molecular complexity index is 1160. The van der Waals surface area contributed by atoms with E-state index in [9.17, 15) is 19.7 Å². The third-order valence-corrected chi connectivity index (χ3v) is 4.23. The van der Waals surface area contributed by atoms with E-state index in [1.165, 1.54) is 6.08 Å². The van der Waals surface area contributed by atoms with Gasteiger partial charge in [0.1, 0.15) is 11.4 Å². The van der Waals surface area contributed by atoms with E-state index in [-0.39, 0.29) is 5.69 Å². The van der Waals surface area contributed by atoms with Crippen LogP contribution in [0.5, 0.6) is 5.75 Å². The number of aromatic amines is 2. The lowest BCUT2D eigenvalue weighted by Gasteiger charge is -2.12. The number of fused-ring (bicyclic) bond motifs is 1. The Hall–Kier alpha value is -3.68. The molecule has 0 bridgehead atoms. The van der Waals surface area contributed by atoms with Gasteiger partial charge in [-0.05, 0) is 35.4 Å². The highest BCUT2D eigenvalue weighted by atomic mass is 16.6. The summed E-state index contributed by atoms with van der Waals surface area (Å²) in [7, 11) is 0. The van der Waals surface area contributed by atoms with E-state index in [4.69, 9.17) is 4.74 Å². The molecular formula is C20H19N3O5. The molecule has 0 saturated carbocycles. The number of benzene rings is 2. The van der Waals surface area contributed by atoms with Crippen LogP contribution in [0.1, 0.15) is 31.0 Å². The summed E-state index contributed by atoms with van der Waals surface area (Å²) in [6.07, 6.45) is 4.84. The van der Waals surface area contributed by atoms with Crippen LogP contribution in [0, 0.1) is 10.1 Å². The van der Waals surface area contributed by atoms with Crippen molar-refractivity contribution in [1.29, 1.82) is 0 Å². The van der Waals surface area contributed by atoms with Crippen molar-refractivity contribution in [1.82, 2.24) is 9.97 Å². The van der Waals surface area contributed by atoms with Crippen molar-refractivity contribution >= 4 is 28.6 Å². The van der Waals surface area contributed by atoms with E-state index in [0.29, 0.717) is 17.9 Å². The molecule has 8 nitrogen and oxygen atoms in total. The maximum atomic E-state index is 11.8. The number of hydrogen-bond acceptors (Lipinski definition) is 5. The molecular weight excluding hydrogens is 362 g/mol. The predicted molar refractivity (Wildman–Crippen MR) is 108 cm³/mol. The molecule has 0 aliphatic heterocycles. The SMILES string of the molecule is CCCCOc1ccc2ccccc2c1C=Cc1[nH]c(=O)[nH]c(=O)c1[N+](=O)[O-]. The highest BCUT2D eigenvalue weighted by molar-refractivity contribution is 5.95. The van der Waals surface area contributed by atoms with Crippen LogP contribution in [0.25, 0.3) is 22.9 Å². The van der Waals surface area contributed by atoms with Crippen LogP contribution in [0.3, 0.4) is 0 Å². The maximum Gasteiger partial charge on any atom is 0.357 e. The minimum atomic E-state index is -1.05. The summed E-state index contributed by atoms with van der Waals surface area (Å²) >= 11 is 0. The predicted octanol–water partition coefficient (Wildman–Crippen LogP) is 3.47. The molecule has 8 heteroatoms. The summed E-state index contributed by atoms with van der Waals surface area (Å²) < 4.78 is 5.87. The molecule has 0 aliphatic rings. The Morgan fingerprint density at radius 2 is 1.89 bits per heavy atom. The Labute approximate surface area is 159 Å². The summed E-state index contributed by atoms with van der Waals surface area (Å²) in [6, 6.07) is 11.4. The van der Waals surface area contributed by atoms with Gasteiger partial charge in [0.15, 0.2) is 0 Å². The second kappa shape index (κ2) is 8.34. The van der Waals surface area contributed by atoms with E-state index in [0.717, 1.165) is 23.6 Å². The van der Waals surface area contributed by atoms with Crippen LogP contribution in [0.2, 0.25) is 0 Å². The normalized spacial score (nSPS) is 11.2. The van der Waals surface area contributed by atoms with E-state index in [1.807, 2.05) is 41.4 Å².